The Morgan fingerprint density at radius 1 is 1.22 bits per heavy atom. The minimum absolute atomic E-state index is 0.156. The Hall–Kier alpha value is -2.82. The Balaban J connectivity index is 1.55. The van der Waals surface area contributed by atoms with E-state index in [1.807, 2.05) is 18.3 Å². The maximum Gasteiger partial charge on any atom is 0.261 e. The van der Waals surface area contributed by atoms with Crippen molar-refractivity contribution in [1.82, 2.24) is 9.88 Å². The molecule has 5 heteroatoms. The molecule has 116 valence electrons. The topological polar surface area (TPSA) is 73.4 Å². The van der Waals surface area contributed by atoms with Crippen molar-refractivity contribution in [2.24, 2.45) is 0 Å². The second-order valence-corrected chi connectivity index (χ2v) is 5.89. The number of allylic oxidation sites excluding steroid dienone is 1. The summed E-state index contributed by atoms with van der Waals surface area (Å²) in [6.07, 6.45) is 7.59. The lowest BCUT2D eigenvalue weighted by Crippen LogP contribution is -2.33. The number of benzene rings is 1. The van der Waals surface area contributed by atoms with Gasteiger partial charge in [-0.25, -0.2) is 0 Å². The Bertz CT molecular complexity index is 889. The summed E-state index contributed by atoms with van der Waals surface area (Å²) < 4.78 is 0. The molecule has 0 fully saturated rings. The van der Waals surface area contributed by atoms with Gasteiger partial charge in [-0.1, -0.05) is 12.2 Å². The molecule has 0 radical (unpaired) electrons. The number of nitrogens with one attached hydrogen (secondary N) is 1. The number of H-pyrrole nitrogens is 1. The fourth-order valence-corrected chi connectivity index (χ4v) is 3.30. The van der Waals surface area contributed by atoms with Gasteiger partial charge in [-0.15, -0.1) is 0 Å². The van der Waals surface area contributed by atoms with Crippen molar-refractivity contribution in [3.63, 3.8) is 0 Å². The predicted molar refractivity (Wildman–Crippen MR) is 85.8 cm³/mol. The lowest BCUT2D eigenvalue weighted by atomic mass is 10.00. The maximum absolute atomic E-state index is 12.4. The van der Waals surface area contributed by atoms with Gasteiger partial charge >= 0.3 is 0 Å². The van der Waals surface area contributed by atoms with Crippen LogP contribution in [0.5, 0.6) is 5.75 Å². The third-order valence-corrected chi connectivity index (χ3v) is 4.51. The van der Waals surface area contributed by atoms with E-state index >= 15 is 0 Å². The van der Waals surface area contributed by atoms with Crippen molar-refractivity contribution in [3.05, 3.63) is 53.3 Å². The van der Waals surface area contributed by atoms with E-state index in [0.29, 0.717) is 30.5 Å². The Kier molecular flexibility index (Phi) is 3.08. The first kappa shape index (κ1) is 13.8. The van der Waals surface area contributed by atoms with E-state index < -0.39 is 0 Å². The van der Waals surface area contributed by atoms with Gasteiger partial charge < -0.3 is 10.1 Å². The highest BCUT2D eigenvalue weighted by Gasteiger charge is 2.36. The summed E-state index contributed by atoms with van der Waals surface area (Å²) in [6.45, 7) is 0.348. The average molecular weight is 308 g/mol. The van der Waals surface area contributed by atoms with E-state index in [1.54, 1.807) is 18.2 Å². The van der Waals surface area contributed by atoms with E-state index in [1.165, 1.54) is 4.90 Å². The highest BCUT2D eigenvalue weighted by molar-refractivity contribution is 6.20. The van der Waals surface area contributed by atoms with Crippen molar-refractivity contribution in [3.8, 4) is 5.75 Å². The second kappa shape index (κ2) is 5.12. The fourth-order valence-electron chi connectivity index (χ4n) is 3.30. The van der Waals surface area contributed by atoms with Crippen LogP contribution in [0.1, 0.15) is 18.4 Å². The van der Waals surface area contributed by atoms with E-state index in [4.69, 9.17) is 0 Å². The van der Waals surface area contributed by atoms with Gasteiger partial charge in [-0.3, -0.25) is 14.5 Å². The molecule has 1 aliphatic carbocycles. The minimum Gasteiger partial charge on any atom is -0.508 e. The number of carbonyl (C=O) groups excluding carboxylic acids is 2. The van der Waals surface area contributed by atoms with Crippen LogP contribution in [0, 0.1) is 0 Å². The number of phenols is 1. The van der Waals surface area contributed by atoms with Crippen LogP contribution in [0.25, 0.3) is 10.9 Å². The highest BCUT2D eigenvalue weighted by atomic mass is 16.3. The molecule has 2 heterocycles. The molecule has 2 aliphatic rings. The molecule has 0 saturated carbocycles. The number of aromatic hydroxyl groups is 1. The van der Waals surface area contributed by atoms with Crippen LogP contribution in [-0.2, 0) is 16.0 Å². The standard InChI is InChI=1S/C18H16N2O3/c21-12-5-6-16-15(9-12)11(10-19-16)7-8-20-17(22)13-3-1-2-4-14(13)18(20)23/h1,3,5-6,9-10,19,21H,2,4,7-8H2. The zero-order valence-electron chi connectivity index (χ0n) is 12.5. The molecule has 2 amide bonds. The lowest BCUT2D eigenvalue weighted by molar-refractivity contribution is -0.137. The van der Waals surface area contributed by atoms with Crippen molar-refractivity contribution >= 4 is 22.7 Å². The Labute approximate surface area is 132 Å². The Morgan fingerprint density at radius 3 is 2.91 bits per heavy atom. The lowest BCUT2D eigenvalue weighted by Gasteiger charge is -2.14. The predicted octanol–water partition coefficient (Wildman–Crippen LogP) is 2.43. The van der Waals surface area contributed by atoms with Crippen LogP contribution in [0.3, 0.4) is 0 Å². The van der Waals surface area contributed by atoms with Gasteiger partial charge in [0.05, 0.1) is 0 Å². The quantitative estimate of drug-likeness (QED) is 0.855. The van der Waals surface area contributed by atoms with E-state index in [-0.39, 0.29) is 17.6 Å². The van der Waals surface area contributed by atoms with Crippen LogP contribution in [-0.4, -0.2) is 33.3 Å². The van der Waals surface area contributed by atoms with Gasteiger partial charge in [0.2, 0.25) is 0 Å². The molecule has 4 rings (SSSR count). The zero-order valence-corrected chi connectivity index (χ0v) is 12.5. The molecule has 1 aromatic carbocycles. The summed E-state index contributed by atoms with van der Waals surface area (Å²) in [5, 5.41) is 10.5. The van der Waals surface area contributed by atoms with Gasteiger partial charge in [-0.2, -0.15) is 0 Å². The van der Waals surface area contributed by atoms with Crippen molar-refractivity contribution in [1.29, 1.82) is 0 Å². The first-order chi connectivity index (χ1) is 11.1. The second-order valence-electron chi connectivity index (χ2n) is 5.89. The smallest absolute Gasteiger partial charge is 0.261 e. The number of imide groups is 1. The van der Waals surface area contributed by atoms with E-state index in [2.05, 4.69) is 4.98 Å². The molecule has 0 unspecified atom stereocenters. The number of phenolic OH excluding ortho intramolecular Hbond substituents is 1. The maximum atomic E-state index is 12.4. The Morgan fingerprint density at radius 2 is 2.09 bits per heavy atom. The largest absolute Gasteiger partial charge is 0.508 e. The zero-order chi connectivity index (χ0) is 16.0. The first-order valence-corrected chi connectivity index (χ1v) is 7.70. The molecule has 0 spiro atoms. The molecule has 1 aromatic heterocycles. The molecular formula is C18H16N2O3. The van der Waals surface area contributed by atoms with E-state index in [0.717, 1.165) is 22.9 Å². The van der Waals surface area contributed by atoms with Gasteiger partial charge in [-0.05, 0) is 43.0 Å². The van der Waals surface area contributed by atoms with Crippen molar-refractivity contribution < 1.29 is 14.7 Å². The fraction of sp³-hybridized carbons (Fsp3) is 0.222. The molecular weight excluding hydrogens is 292 g/mol. The van der Waals surface area contributed by atoms with E-state index in [9.17, 15) is 14.7 Å². The summed E-state index contributed by atoms with van der Waals surface area (Å²) in [4.78, 5) is 29.2. The number of aromatic amines is 1. The van der Waals surface area contributed by atoms with Gasteiger partial charge in [0.25, 0.3) is 11.8 Å². The summed E-state index contributed by atoms with van der Waals surface area (Å²) in [5.74, 6) is -0.144. The molecule has 23 heavy (non-hydrogen) atoms. The normalized spacial score (nSPS) is 17.5. The van der Waals surface area contributed by atoms with Gasteiger partial charge in [0.15, 0.2) is 0 Å². The summed E-state index contributed by atoms with van der Waals surface area (Å²) in [7, 11) is 0. The summed E-state index contributed by atoms with van der Waals surface area (Å²) in [6, 6.07) is 5.13. The summed E-state index contributed by atoms with van der Waals surface area (Å²) in [5.41, 5.74) is 3.11. The number of fused-ring (bicyclic) bond motifs is 1. The number of hydrogen-bond acceptors (Lipinski definition) is 3. The van der Waals surface area contributed by atoms with Gasteiger partial charge in [0.1, 0.15) is 5.75 Å². The third kappa shape index (κ3) is 2.16. The van der Waals surface area contributed by atoms with Crippen molar-refractivity contribution in [2.75, 3.05) is 6.54 Å². The first-order valence-electron chi connectivity index (χ1n) is 7.70. The van der Waals surface area contributed by atoms with Gasteiger partial charge in [0, 0.05) is 34.8 Å². The minimum atomic E-state index is -0.191. The molecule has 5 nitrogen and oxygen atoms in total. The van der Waals surface area contributed by atoms with Crippen LogP contribution >= 0.6 is 0 Å². The van der Waals surface area contributed by atoms with Crippen LogP contribution in [0.4, 0.5) is 0 Å². The SMILES string of the molecule is O=C1C2=C(CCC=C2)C(=O)N1CCc1c[nH]c2ccc(O)cc12. The molecule has 1 aliphatic heterocycles. The number of aromatic nitrogens is 1. The molecule has 0 bridgehead atoms. The number of hydrogen-bond donors (Lipinski definition) is 2. The van der Waals surface area contributed by atoms with Crippen LogP contribution in [0.2, 0.25) is 0 Å². The third-order valence-electron chi connectivity index (χ3n) is 4.51. The van der Waals surface area contributed by atoms with Crippen LogP contribution in [0.15, 0.2) is 47.7 Å². The molecule has 2 N–H and O–H groups in total. The number of carbonyl (C=O) groups is 2. The highest BCUT2D eigenvalue weighted by Crippen LogP contribution is 2.30. The monoisotopic (exact) mass is 308 g/mol. The van der Waals surface area contributed by atoms with Crippen molar-refractivity contribution in [2.45, 2.75) is 19.3 Å². The summed E-state index contributed by atoms with van der Waals surface area (Å²) >= 11 is 0. The molecule has 2 aromatic rings. The number of amides is 2. The average Bonchev–Trinajstić information content (AvgIpc) is 3.06. The number of rotatable bonds is 3. The molecule has 0 saturated heterocycles. The molecule has 0 atom stereocenters. The number of nitrogens with zero attached hydrogens (tertiary/aromatic N) is 1. The van der Waals surface area contributed by atoms with Crippen LogP contribution < -0.4 is 0 Å².